The molecule has 2 rings (SSSR count). The number of pyridine rings is 2. The van der Waals surface area contributed by atoms with E-state index in [1.54, 1.807) is 12.1 Å². The number of hydrogen-bond donors (Lipinski definition) is 2. The molecule has 0 spiro atoms. The summed E-state index contributed by atoms with van der Waals surface area (Å²) < 4.78 is 0.669. The summed E-state index contributed by atoms with van der Waals surface area (Å²) in [6.07, 6.45) is 4.50. The molecular formula is C11H8BrClN4O. The Labute approximate surface area is 117 Å². The fourth-order valence-electron chi connectivity index (χ4n) is 1.30. The number of carbonyl (C=O) groups excluding carboxylic acids is 1. The number of nitrogens with zero attached hydrogens (tertiary/aromatic N) is 2. The molecule has 0 atom stereocenters. The van der Waals surface area contributed by atoms with E-state index in [0.717, 1.165) is 0 Å². The van der Waals surface area contributed by atoms with Crippen LogP contribution < -0.4 is 11.1 Å². The zero-order valence-electron chi connectivity index (χ0n) is 9.02. The first-order valence-electron chi connectivity index (χ1n) is 4.90. The van der Waals surface area contributed by atoms with Gasteiger partial charge in [-0.3, -0.25) is 9.78 Å². The number of anilines is 2. The largest absolute Gasteiger partial charge is 0.383 e. The first-order valence-corrected chi connectivity index (χ1v) is 6.07. The predicted octanol–water partition coefficient (Wildman–Crippen LogP) is 2.73. The maximum atomic E-state index is 12.0. The van der Waals surface area contributed by atoms with Crippen LogP contribution in [0.4, 0.5) is 11.5 Å². The molecule has 18 heavy (non-hydrogen) atoms. The molecule has 0 aromatic carbocycles. The zero-order valence-corrected chi connectivity index (χ0v) is 11.4. The van der Waals surface area contributed by atoms with E-state index in [-0.39, 0.29) is 17.3 Å². The Bertz CT molecular complexity index is 605. The Balaban J connectivity index is 2.28. The van der Waals surface area contributed by atoms with E-state index in [9.17, 15) is 4.79 Å². The molecule has 0 fully saturated rings. The molecule has 5 nitrogen and oxygen atoms in total. The number of rotatable bonds is 2. The minimum atomic E-state index is -0.380. The Kier molecular flexibility index (Phi) is 3.78. The van der Waals surface area contributed by atoms with E-state index in [1.165, 1.54) is 18.6 Å². The Morgan fingerprint density at radius 1 is 1.44 bits per heavy atom. The van der Waals surface area contributed by atoms with Gasteiger partial charge in [0.1, 0.15) is 5.82 Å². The summed E-state index contributed by atoms with van der Waals surface area (Å²) in [4.78, 5) is 19.7. The van der Waals surface area contributed by atoms with Gasteiger partial charge in [0.15, 0.2) is 0 Å². The van der Waals surface area contributed by atoms with Crippen molar-refractivity contribution in [3.8, 4) is 0 Å². The van der Waals surface area contributed by atoms with Crippen LogP contribution in [-0.4, -0.2) is 15.9 Å². The van der Waals surface area contributed by atoms with E-state index in [4.69, 9.17) is 17.3 Å². The smallest absolute Gasteiger partial charge is 0.259 e. The molecule has 0 saturated heterocycles. The highest BCUT2D eigenvalue weighted by atomic mass is 79.9. The minimum absolute atomic E-state index is 0.154. The van der Waals surface area contributed by atoms with Gasteiger partial charge in [-0.1, -0.05) is 11.6 Å². The van der Waals surface area contributed by atoms with Crippen LogP contribution >= 0.6 is 27.5 Å². The van der Waals surface area contributed by atoms with Crippen molar-refractivity contribution in [3.05, 3.63) is 45.8 Å². The van der Waals surface area contributed by atoms with Crippen molar-refractivity contribution in [3.63, 3.8) is 0 Å². The van der Waals surface area contributed by atoms with Crippen LogP contribution in [0.15, 0.2) is 35.2 Å². The maximum absolute atomic E-state index is 12.0. The highest BCUT2D eigenvalue weighted by molar-refractivity contribution is 9.10. The summed E-state index contributed by atoms with van der Waals surface area (Å²) in [5.41, 5.74) is 6.39. The lowest BCUT2D eigenvalue weighted by Crippen LogP contribution is -2.15. The van der Waals surface area contributed by atoms with E-state index in [2.05, 4.69) is 31.2 Å². The molecule has 2 heterocycles. The first kappa shape index (κ1) is 12.8. The lowest BCUT2D eigenvalue weighted by Gasteiger charge is -2.08. The van der Waals surface area contributed by atoms with E-state index >= 15 is 0 Å². The molecular weight excluding hydrogens is 320 g/mol. The number of nitrogen functional groups attached to an aromatic ring is 1. The Morgan fingerprint density at radius 2 is 2.22 bits per heavy atom. The Hall–Kier alpha value is -1.66. The number of halogens is 2. The van der Waals surface area contributed by atoms with Crippen LogP contribution in [0.1, 0.15) is 10.4 Å². The molecule has 0 bridgehead atoms. The minimum Gasteiger partial charge on any atom is -0.383 e. The first-order chi connectivity index (χ1) is 8.58. The molecule has 1 amide bonds. The van der Waals surface area contributed by atoms with Gasteiger partial charge in [-0.05, 0) is 28.1 Å². The number of aromatic nitrogens is 2. The number of nitrogens with one attached hydrogen (secondary N) is 1. The standard InChI is InChI=1S/C11H8BrClN4O/c12-6-3-7(10(14)16-4-6)11(18)17-9-1-2-15-5-8(9)13/h1-5H,(H2,14,16)(H,15,17,18). The van der Waals surface area contributed by atoms with Crippen LogP contribution in [-0.2, 0) is 0 Å². The van der Waals surface area contributed by atoms with Crippen molar-refractivity contribution in [2.75, 3.05) is 11.1 Å². The van der Waals surface area contributed by atoms with Gasteiger partial charge < -0.3 is 11.1 Å². The van der Waals surface area contributed by atoms with Gasteiger partial charge in [-0.2, -0.15) is 0 Å². The molecule has 0 unspecified atom stereocenters. The lowest BCUT2D eigenvalue weighted by molar-refractivity contribution is 0.102. The summed E-state index contributed by atoms with van der Waals surface area (Å²) in [5.74, 6) is -0.227. The van der Waals surface area contributed by atoms with Gasteiger partial charge in [0.05, 0.1) is 16.3 Å². The third-order valence-corrected chi connectivity index (χ3v) is 2.89. The van der Waals surface area contributed by atoms with Crippen LogP contribution in [0, 0.1) is 0 Å². The van der Waals surface area contributed by atoms with Crippen molar-refractivity contribution < 1.29 is 4.79 Å². The Morgan fingerprint density at radius 3 is 2.94 bits per heavy atom. The van der Waals surface area contributed by atoms with Gasteiger partial charge in [-0.25, -0.2) is 4.98 Å². The summed E-state index contributed by atoms with van der Waals surface area (Å²) in [6, 6.07) is 3.19. The third-order valence-electron chi connectivity index (χ3n) is 2.15. The molecule has 0 saturated carbocycles. The highest BCUT2D eigenvalue weighted by Gasteiger charge is 2.13. The van der Waals surface area contributed by atoms with Crippen molar-refractivity contribution >= 4 is 44.9 Å². The van der Waals surface area contributed by atoms with Gasteiger partial charge in [0.25, 0.3) is 5.91 Å². The highest BCUT2D eigenvalue weighted by Crippen LogP contribution is 2.22. The van der Waals surface area contributed by atoms with Gasteiger partial charge in [0, 0.05) is 23.1 Å². The van der Waals surface area contributed by atoms with Gasteiger partial charge in [-0.15, -0.1) is 0 Å². The lowest BCUT2D eigenvalue weighted by atomic mass is 10.2. The molecule has 7 heteroatoms. The molecule has 3 N–H and O–H groups in total. The molecule has 92 valence electrons. The zero-order chi connectivity index (χ0) is 13.1. The van der Waals surface area contributed by atoms with Crippen molar-refractivity contribution in [2.24, 2.45) is 0 Å². The van der Waals surface area contributed by atoms with Crippen molar-refractivity contribution in [1.29, 1.82) is 0 Å². The van der Waals surface area contributed by atoms with E-state index < -0.39 is 0 Å². The normalized spacial score (nSPS) is 10.1. The third kappa shape index (κ3) is 2.77. The molecule has 0 aliphatic carbocycles. The second kappa shape index (κ2) is 5.32. The number of hydrogen-bond acceptors (Lipinski definition) is 4. The molecule has 2 aromatic rings. The topological polar surface area (TPSA) is 80.9 Å². The van der Waals surface area contributed by atoms with Crippen molar-refractivity contribution in [1.82, 2.24) is 9.97 Å². The van der Waals surface area contributed by atoms with Crippen LogP contribution in [0.3, 0.4) is 0 Å². The number of amides is 1. The maximum Gasteiger partial charge on any atom is 0.259 e. The SMILES string of the molecule is Nc1ncc(Br)cc1C(=O)Nc1ccncc1Cl. The summed E-state index contributed by atoms with van der Waals surface area (Å²) in [5, 5.41) is 3.00. The fraction of sp³-hybridized carbons (Fsp3) is 0. The fourth-order valence-corrected chi connectivity index (χ4v) is 1.80. The van der Waals surface area contributed by atoms with Crippen LogP contribution in [0.5, 0.6) is 0 Å². The van der Waals surface area contributed by atoms with E-state index in [0.29, 0.717) is 15.2 Å². The molecule has 0 aliphatic heterocycles. The molecule has 0 radical (unpaired) electrons. The quantitative estimate of drug-likeness (QED) is 0.888. The number of nitrogens with two attached hydrogens (primary N) is 1. The van der Waals surface area contributed by atoms with Crippen LogP contribution in [0.25, 0.3) is 0 Å². The summed E-state index contributed by atoms with van der Waals surface area (Å²) in [7, 11) is 0. The summed E-state index contributed by atoms with van der Waals surface area (Å²) >= 11 is 9.12. The average Bonchev–Trinajstić information content (AvgIpc) is 2.35. The predicted molar refractivity (Wildman–Crippen MR) is 73.5 cm³/mol. The second-order valence-corrected chi connectivity index (χ2v) is 4.72. The van der Waals surface area contributed by atoms with Crippen molar-refractivity contribution in [2.45, 2.75) is 0 Å². The number of carbonyl (C=O) groups is 1. The van der Waals surface area contributed by atoms with Gasteiger partial charge >= 0.3 is 0 Å². The molecule has 2 aromatic heterocycles. The second-order valence-electron chi connectivity index (χ2n) is 3.40. The van der Waals surface area contributed by atoms with Gasteiger partial charge in [0.2, 0.25) is 0 Å². The molecule has 0 aliphatic rings. The average molecular weight is 328 g/mol. The monoisotopic (exact) mass is 326 g/mol. The van der Waals surface area contributed by atoms with Crippen LogP contribution in [0.2, 0.25) is 5.02 Å². The summed E-state index contributed by atoms with van der Waals surface area (Å²) in [6.45, 7) is 0. The van der Waals surface area contributed by atoms with E-state index in [1.807, 2.05) is 0 Å².